The average Bonchev–Trinajstić information content (AvgIpc) is 2.73. The topological polar surface area (TPSA) is 61.9 Å². The van der Waals surface area contributed by atoms with Crippen molar-refractivity contribution in [1.29, 1.82) is 0 Å². The van der Waals surface area contributed by atoms with E-state index in [1.807, 2.05) is 23.1 Å². The van der Waals surface area contributed by atoms with Gasteiger partial charge in [-0.05, 0) is 49.6 Å². The molecule has 0 spiro atoms. The number of rotatable bonds is 8. The van der Waals surface area contributed by atoms with Crippen LogP contribution in [0.25, 0.3) is 0 Å². The smallest absolute Gasteiger partial charge is 0.324 e. The highest BCUT2D eigenvalue weighted by molar-refractivity contribution is 5.96. The Morgan fingerprint density at radius 2 is 1.93 bits per heavy atom. The van der Waals surface area contributed by atoms with E-state index < -0.39 is 0 Å². The van der Waals surface area contributed by atoms with Gasteiger partial charge in [-0.15, -0.1) is 0 Å². The lowest BCUT2D eigenvalue weighted by Crippen LogP contribution is -2.49. The summed E-state index contributed by atoms with van der Waals surface area (Å²) in [6.07, 6.45) is 1.69. The van der Waals surface area contributed by atoms with Gasteiger partial charge in [-0.2, -0.15) is 0 Å². The van der Waals surface area contributed by atoms with Gasteiger partial charge in [-0.1, -0.05) is 29.8 Å². The van der Waals surface area contributed by atoms with Gasteiger partial charge in [0.2, 0.25) is 0 Å². The lowest BCUT2D eigenvalue weighted by molar-refractivity contribution is 0.0948. The molecule has 0 bridgehead atoms. The first kappa shape index (κ1) is 20.9. The van der Waals surface area contributed by atoms with E-state index in [9.17, 15) is 9.59 Å². The molecule has 6 nitrogen and oxygen atoms in total. The molecule has 1 aliphatic heterocycles. The number of nitrogens with one attached hydrogen (secondary N) is 1. The van der Waals surface area contributed by atoms with Crippen LogP contribution in [0.4, 0.5) is 10.5 Å². The minimum absolute atomic E-state index is 0.00882. The van der Waals surface area contributed by atoms with Crippen LogP contribution in [-0.4, -0.2) is 50.2 Å². The second kappa shape index (κ2) is 10.1. The van der Waals surface area contributed by atoms with Crippen molar-refractivity contribution in [2.45, 2.75) is 26.3 Å². The Hall–Kier alpha value is -2.86. The zero-order chi connectivity index (χ0) is 20.6. The minimum atomic E-state index is -0.112. The summed E-state index contributed by atoms with van der Waals surface area (Å²) < 4.78 is 4.98. The zero-order valence-electron chi connectivity index (χ0n) is 17.2. The fraction of sp³-hybridized carbons (Fsp3) is 0.391. The fourth-order valence-electron chi connectivity index (χ4n) is 3.51. The van der Waals surface area contributed by atoms with Crippen molar-refractivity contribution in [2.24, 2.45) is 0 Å². The van der Waals surface area contributed by atoms with Crippen molar-refractivity contribution in [3.05, 3.63) is 65.2 Å². The molecule has 1 fully saturated rings. The largest absolute Gasteiger partial charge is 0.385 e. The van der Waals surface area contributed by atoms with Crippen LogP contribution in [0, 0.1) is 6.92 Å². The molecule has 0 aromatic heterocycles. The Balaban J connectivity index is 1.62. The molecule has 3 rings (SSSR count). The minimum Gasteiger partial charge on any atom is -0.385 e. The molecule has 6 heteroatoms. The van der Waals surface area contributed by atoms with Gasteiger partial charge in [0.1, 0.15) is 0 Å². The molecule has 0 saturated carbocycles. The first-order valence-corrected chi connectivity index (χ1v) is 10.1. The molecule has 0 unspecified atom stereocenters. The van der Waals surface area contributed by atoms with Gasteiger partial charge < -0.3 is 15.0 Å². The Labute approximate surface area is 172 Å². The number of methoxy groups -OCH3 is 1. The second-order valence-corrected chi connectivity index (χ2v) is 7.35. The normalized spacial score (nSPS) is 14.2. The van der Waals surface area contributed by atoms with Crippen molar-refractivity contribution >= 4 is 17.6 Å². The number of ether oxygens (including phenoxy) is 1. The highest BCUT2D eigenvalue weighted by Gasteiger charge is 2.26. The van der Waals surface area contributed by atoms with Crippen molar-refractivity contribution in [1.82, 2.24) is 10.2 Å². The highest BCUT2D eigenvalue weighted by atomic mass is 16.5. The van der Waals surface area contributed by atoms with Crippen LogP contribution in [0.5, 0.6) is 0 Å². The Bertz CT molecular complexity index is 836. The van der Waals surface area contributed by atoms with Crippen LogP contribution < -0.4 is 10.2 Å². The van der Waals surface area contributed by atoms with E-state index >= 15 is 0 Å². The summed E-state index contributed by atoms with van der Waals surface area (Å²) in [6, 6.07) is 15.5. The molecule has 2 aromatic rings. The summed E-state index contributed by atoms with van der Waals surface area (Å²) in [5.74, 6) is -0.112. The number of urea groups is 1. The van der Waals surface area contributed by atoms with E-state index in [2.05, 4.69) is 30.4 Å². The second-order valence-electron chi connectivity index (χ2n) is 7.35. The lowest BCUT2D eigenvalue weighted by Gasteiger charge is -2.35. The number of amides is 3. The summed E-state index contributed by atoms with van der Waals surface area (Å²) in [5, 5.41) is 2.87. The molecule has 2 aromatic carbocycles. The number of benzene rings is 2. The first-order chi connectivity index (χ1) is 14.1. The summed E-state index contributed by atoms with van der Waals surface area (Å²) >= 11 is 0. The van der Waals surface area contributed by atoms with Crippen LogP contribution in [0.3, 0.4) is 0 Å². The van der Waals surface area contributed by atoms with Crippen LogP contribution in [0.2, 0.25) is 0 Å². The summed E-state index contributed by atoms with van der Waals surface area (Å²) in [6.45, 7) is 5.31. The molecule has 29 heavy (non-hydrogen) atoms. The molecule has 1 saturated heterocycles. The molecule has 0 atom stereocenters. The van der Waals surface area contributed by atoms with E-state index in [0.717, 1.165) is 30.6 Å². The standard InChI is InChI=1S/C23H29N3O3/c1-18-6-3-7-19(16-18)17-25-13-5-14-26(23(25)28)21-10-8-20(9-11-21)22(27)24-12-4-15-29-2/h3,6-11,16H,4-5,12-15,17H2,1-2H3,(H,24,27). The lowest BCUT2D eigenvalue weighted by atomic mass is 10.1. The molecule has 1 heterocycles. The Morgan fingerprint density at radius 1 is 1.14 bits per heavy atom. The van der Waals surface area contributed by atoms with Crippen LogP contribution in [0.1, 0.15) is 34.3 Å². The third-order valence-corrected chi connectivity index (χ3v) is 5.02. The number of carbonyl (C=O) groups excluding carboxylic acids is 2. The van der Waals surface area contributed by atoms with Gasteiger partial charge in [-0.3, -0.25) is 9.69 Å². The van der Waals surface area contributed by atoms with Crippen LogP contribution >= 0.6 is 0 Å². The molecule has 0 radical (unpaired) electrons. The van der Waals surface area contributed by atoms with E-state index in [0.29, 0.717) is 31.8 Å². The van der Waals surface area contributed by atoms with Crippen LogP contribution in [0.15, 0.2) is 48.5 Å². The third-order valence-electron chi connectivity index (χ3n) is 5.02. The molecule has 0 aliphatic carbocycles. The summed E-state index contributed by atoms with van der Waals surface area (Å²) in [7, 11) is 1.64. The van der Waals surface area contributed by atoms with Gasteiger partial charge in [0, 0.05) is 51.1 Å². The maximum atomic E-state index is 13.0. The Kier molecular flexibility index (Phi) is 7.25. The van der Waals surface area contributed by atoms with Gasteiger partial charge in [-0.25, -0.2) is 4.79 Å². The molecule has 154 valence electrons. The van der Waals surface area contributed by atoms with E-state index in [1.165, 1.54) is 5.56 Å². The first-order valence-electron chi connectivity index (χ1n) is 10.1. The van der Waals surface area contributed by atoms with Crippen molar-refractivity contribution in [3.63, 3.8) is 0 Å². The number of aryl methyl sites for hydroxylation is 1. The quantitative estimate of drug-likeness (QED) is 0.695. The Morgan fingerprint density at radius 3 is 2.66 bits per heavy atom. The van der Waals surface area contributed by atoms with Gasteiger partial charge in [0.15, 0.2) is 0 Å². The maximum absolute atomic E-state index is 13.0. The SMILES string of the molecule is COCCCNC(=O)c1ccc(N2CCCN(Cc3cccc(C)c3)C2=O)cc1. The van der Waals surface area contributed by atoms with Crippen molar-refractivity contribution in [3.8, 4) is 0 Å². The number of hydrogen-bond donors (Lipinski definition) is 1. The predicted molar refractivity (Wildman–Crippen MR) is 114 cm³/mol. The highest BCUT2D eigenvalue weighted by Crippen LogP contribution is 2.22. The monoisotopic (exact) mass is 395 g/mol. The van der Waals surface area contributed by atoms with E-state index in [-0.39, 0.29) is 11.9 Å². The number of carbonyl (C=O) groups is 2. The predicted octanol–water partition coefficient (Wildman–Crippen LogP) is 3.59. The zero-order valence-corrected chi connectivity index (χ0v) is 17.2. The van der Waals surface area contributed by atoms with Gasteiger partial charge in [0.25, 0.3) is 5.91 Å². The van der Waals surface area contributed by atoms with Crippen molar-refractivity contribution < 1.29 is 14.3 Å². The summed E-state index contributed by atoms with van der Waals surface area (Å²) in [5.41, 5.74) is 3.74. The van der Waals surface area contributed by atoms with E-state index in [1.54, 1.807) is 24.1 Å². The molecule has 3 amide bonds. The molecule has 1 N–H and O–H groups in total. The summed E-state index contributed by atoms with van der Waals surface area (Å²) in [4.78, 5) is 28.9. The number of anilines is 1. The fourth-order valence-corrected chi connectivity index (χ4v) is 3.51. The van der Waals surface area contributed by atoms with Crippen molar-refractivity contribution in [2.75, 3.05) is 38.3 Å². The van der Waals surface area contributed by atoms with E-state index in [4.69, 9.17) is 4.74 Å². The molecule has 1 aliphatic rings. The maximum Gasteiger partial charge on any atom is 0.324 e. The molecular formula is C23H29N3O3. The third kappa shape index (κ3) is 5.57. The molecular weight excluding hydrogens is 366 g/mol. The number of nitrogens with zero attached hydrogens (tertiary/aromatic N) is 2. The van der Waals surface area contributed by atoms with Gasteiger partial charge >= 0.3 is 6.03 Å². The number of hydrogen-bond acceptors (Lipinski definition) is 3. The van der Waals surface area contributed by atoms with Gasteiger partial charge in [0.05, 0.1) is 0 Å². The van der Waals surface area contributed by atoms with Crippen LogP contribution in [-0.2, 0) is 11.3 Å². The average molecular weight is 396 g/mol.